The third-order valence-corrected chi connectivity index (χ3v) is 2.94. The molecule has 0 aliphatic carbocycles. The van der Waals surface area contributed by atoms with Crippen LogP contribution in [0.3, 0.4) is 0 Å². The van der Waals surface area contributed by atoms with Crippen molar-refractivity contribution in [1.82, 2.24) is 10.3 Å². The number of hydrogen-bond donors (Lipinski definition) is 2. The highest BCUT2D eigenvalue weighted by Gasteiger charge is 2.15. The number of pyridine rings is 1. The fourth-order valence-electron chi connectivity index (χ4n) is 1.89. The van der Waals surface area contributed by atoms with Gasteiger partial charge in [0.15, 0.2) is 0 Å². The van der Waals surface area contributed by atoms with E-state index in [-0.39, 0.29) is 12.5 Å². The summed E-state index contributed by atoms with van der Waals surface area (Å²) >= 11 is 0. The van der Waals surface area contributed by atoms with Gasteiger partial charge in [-0.2, -0.15) is 0 Å². The van der Waals surface area contributed by atoms with Crippen molar-refractivity contribution in [1.29, 1.82) is 0 Å². The van der Waals surface area contributed by atoms with Crippen LogP contribution in [0.1, 0.15) is 28.9 Å². The van der Waals surface area contributed by atoms with Crippen LogP contribution in [-0.4, -0.2) is 29.1 Å². The molecule has 1 heterocycles. The van der Waals surface area contributed by atoms with Crippen LogP contribution in [0.4, 0.5) is 0 Å². The van der Waals surface area contributed by atoms with Crippen LogP contribution in [0.25, 0.3) is 0 Å². The zero-order valence-corrected chi connectivity index (χ0v) is 11.8. The van der Waals surface area contributed by atoms with E-state index < -0.39 is 6.10 Å². The Labute approximate surface area is 123 Å². The summed E-state index contributed by atoms with van der Waals surface area (Å²) in [5.41, 5.74) is 1.12. The second kappa shape index (κ2) is 7.40. The number of aromatic nitrogens is 1. The molecule has 0 aliphatic heterocycles. The second-order valence-electron chi connectivity index (χ2n) is 4.43. The van der Waals surface area contributed by atoms with Crippen LogP contribution in [0.15, 0.2) is 48.7 Å². The van der Waals surface area contributed by atoms with Gasteiger partial charge in [0, 0.05) is 12.7 Å². The number of ether oxygens (including phenoxy) is 1. The highest BCUT2D eigenvalue weighted by molar-refractivity contribution is 5.96. The number of nitrogens with zero attached hydrogens (tertiary/aromatic N) is 1. The molecule has 0 saturated heterocycles. The molecule has 0 radical (unpaired) electrons. The standard InChI is InChI=1S/C16H18N2O3/c1-2-21-16-13(9-6-10-17-16)15(20)18-11-14(19)12-7-4-3-5-8-12/h3-10,14,19H,2,11H2,1H3,(H,18,20). The summed E-state index contributed by atoms with van der Waals surface area (Å²) in [5, 5.41) is 12.7. The van der Waals surface area contributed by atoms with E-state index in [0.29, 0.717) is 18.1 Å². The maximum Gasteiger partial charge on any atom is 0.256 e. The predicted molar refractivity (Wildman–Crippen MR) is 79.1 cm³/mol. The fourth-order valence-corrected chi connectivity index (χ4v) is 1.89. The normalized spacial score (nSPS) is 11.7. The average molecular weight is 286 g/mol. The molecular formula is C16H18N2O3. The number of aliphatic hydroxyl groups excluding tert-OH is 1. The molecule has 1 amide bonds. The maximum atomic E-state index is 12.1. The Bertz CT molecular complexity index is 587. The first-order valence-electron chi connectivity index (χ1n) is 6.81. The number of hydrogen-bond acceptors (Lipinski definition) is 4. The van der Waals surface area contributed by atoms with Crippen LogP contribution >= 0.6 is 0 Å². The molecule has 0 bridgehead atoms. The van der Waals surface area contributed by atoms with Gasteiger partial charge in [-0.1, -0.05) is 30.3 Å². The van der Waals surface area contributed by atoms with Gasteiger partial charge in [0.2, 0.25) is 5.88 Å². The Morgan fingerprint density at radius 1 is 1.29 bits per heavy atom. The summed E-state index contributed by atoms with van der Waals surface area (Å²) in [5.74, 6) is -0.0202. The first-order chi connectivity index (χ1) is 10.2. The quantitative estimate of drug-likeness (QED) is 0.851. The monoisotopic (exact) mass is 286 g/mol. The van der Waals surface area contributed by atoms with Gasteiger partial charge < -0.3 is 15.2 Å². The van der Waals surface area contributed by atoms with Crippen LogP contribution in [0.2, 0.25) is 0 Å². The molecular weight excluding hydrogens is 268 g/mol. The second-order valence-corrected chi connectivity index (χ2v) is 4.43. The fraction of sp³-hybridized carbons (Fsp3) is 0.250. The average Bonchev–Trinajstić information content (AvgIpc) is 2.54. The third-order valence-electron chi connectivity index (χ3n) is 2.94. The van der Waals surface area contributed by atoms with Gasteiger partial charge in [0.05, 0.1) is 12.7 Å². The minimum atomic E-state index is -0.748. The van der Waals surface area contributed by atoms with E-state index in [1.807, 2.05) is 37.3 Å². The molecule has 1 unspecified atom stereocenters. The molecule has 2 N–H and O–H groups in total. The van der Waals surface area contributed by atoms with E-state index in [0.717, 1.165) is 5.56 Å². The minimum absolute atomic E-state index is 0.128. The van der Waals surface area contributed by atoms with E-state index in [1.165, 1.54) is 0 Å². The molecule has 21 heavy (non-hydrogen) atoms. The van der Waals surface area contributed by atoms with E-state index >= 15 is 0 Å². The number of aliphatic hydroxyl groups is 1. The van der Waals surface area contributed by atoms with Crippen molar-refractivity contribution >= 4 is 5.91 Å². The van der Waals surface area contributed by atoms with Gasteiger partial charge in [-0.3, -0.25) is 4.79 Å². The van der Waals surface area contributed by atoms with Gasteiger partial charge in [-0.05, 0) is 24.6 Å². The molecule has 0 saturated carbocycles. The molecule has 5 nitrogen and oxygen atoms in total. The van der Waals surface area contributed by atoms with Crippen molar-refractivity contribution in [2.45, 2.75) is 13.0 Å². The van der Waals surface area contributed by atoms with Gasteiger partial charge >= 0.3 is 0 Å². The predicted octanol–water partition coefficient (Wildman–Crippen LogP) is 1.94. The lowest BCUT2D eigenvalue weighted by Crippen LogP contribution is -2.29. The Balaban J connectivity index is 1.99. The molecule has 0 fully saturated rings. The molecule has 0 aliphatic rings. The van der Waals surface area contributed by atoms with E-state index in [2.05, 4.69) is 10.3 Å². The minimum Gasteiger partial charge on any atom is -0.477 e. The SMILES string of the molecule is CCOc1ncccc1C(=O)NCC(O)c1ccccc1. The molecule has 1 aromatic heterocycles. The summed E-state index contributed by atoms with van der Waals surface area (Å²) < 4.78 is 5.32. The van der Waals surface area contributed by atoms with E-state index in [1.54, 1.807) is 18.3 Å². The number of amides is 1. The lowest BCUT2D eigenvalue weighted by molar-refractivity contribution is 0.0911. The Morgan fingerprint density at radius 2 is 2.05 bits per heavy atom. The lowest BCUT2D eigenvalue weighted by atomic mass is 10.1. The smallest absolute Gasteiger partial charge is 0.256 e. The first-order valence-corrected chi connectivity index (χ1v) is 6.81. The molecule has 0 spiro atoms. The van der Waals surface area contributed by atoms with E-state index in [9.17, 15) is 9.90 Å². The zero-order chi connectivity index (χ0) is 15.1. The molecule has 1 atom stereocenters. The zero-order valence-electron chi connectivity index (χ0n) is 11.8. The Morgan fingerprint density at radius 3 is 2.76 bits per heavy atom. The van der Waals surface area contributed by atoms with Gasteiger partial charge in [-0.25, -0.2) is 4.98 Å². The molecule has 5 heteroatoms. The van der Waals surface area contributed by atoms with Gasteiger partial charge in [0.25, 0.3) is 5.91 Å². The van der Waals surface area contributed by atoms with Crippen molar-refractivity contribution in [3.8, 4) is 5.88 Å². The molecule has 2 rings (SSSR count). The van der Waals surface area contributed by atoms with Crippen LogP contribution in [0, 0.1) is 0 Å². The van der Waals surface area contributed by atoms with Crippen LogP contribution < -0.4 is 10.1 Å². The summed E-state index contributed by atoms with van der Waals surface area (Å²) in [6.07, 6.45) is 0.822. The lowest BCUT2D eigenvalue weighted by Gasteiger charge is -2.13. The van der Waals surface area contributed by atoms with Crippen molar-refractivity contribution < 1.29 is 14.6 Å². The highest BCUT2D eigenvalue weighted by atomic mass is 16.5. The summed E-state index contributed by atoms with van der Waals surface area (Å²) in [7, 11) is 0. The molecule has 1 aromatic carbocycles. The van der Waals surface area contributed by atoms with E-state index in [4.69, 9.17) is 4.74 Å². The number of nitrogens with one attached hydrogen (secondary N) is 1. The molecule has 2 aromatic rings. The highest BCUT2D eigenvalue weighted by Crippen LogP contribution is 2.15. The topological polar surface area (TPSA) is 71.5 Å². The number of benzene rings is 1. The van der Waals surface area contributed by atoms with Crippen molar-refractivity contribution in [2.24, 2.45) is 0 Å². The third kappa shape index (κ3) is 4.03. The number of carbonyl (C=O) groups is 1. The van der Waals surface area contributed by atoms with Crippen molar-refractivity contribution in [2.75, 3.05) is 13.2 Å². The summed E-state index contributed by atoms with van der Waals surface area (Å²) in [6.45, 7) is 2.39. The Kier molecular flexibility index (Phi) is 5.29. The first kappa shape index (κ1) is 15.0. The molecule has 110 valence electrons. The largest absolute Gasteiger partial charge is 0.477 e. The van der Waals surface area contributed by atoms with Crippen molar-refractivity contribution in [3.63, 3.8) is 0 Å². The number of rotatable bonds is 6. The van der Waals surface area contributed by atoms with Gasteiger partial charge in [0.1, 0.15) is 5.56 Å². The maximum absolute atomic E-state index is 12.1. The number of carbonyl (C=O) groups excluding carboxylic acids is 1. The van der Waals surface area contributed by atoms with Crippen LogP contribution in [0.5, 0.6) is 5.88 Å². The summed E-state index contributed by atoms with van der Waals surface area (Å²) in [4.78, 5) is 16.2. The van der Waals surface area contributed by atoms with Crippen molar-refractivity contribution in [3.05, 3.63) is 59.8 Å². The summed E-state index contributed by atoms with van der Waals surface area (Å²) in [6, 6.07) is 12.5. The van der Waals surface area contributed by atoms with Crippen LogP contribution in [-0.2, 0) is 0 Å². The van der Waals surface area contributed by atoms with Gasteiger partial charge in [-0.15, -0.1) is 0 Å². The Hall–Kier alpha value is -2.40.